The fourth-order valence-corrected chi connectivity index (χ4v) is 2.38. The number of carboxylic acids is 1. The largest absolute Gasteiger partial charge is 0.481 e. The van der Waals surface area contributed by atoms with Gasteiger partial charge in [-0.3, -0.25) is 9.59 Å². The average Bonchev–Trinajstić information content (AvgIpc) is 2.25. The van der Waals surface area contributed by atoms with Crippen LogP contribution in [0.15, 0.2) is 18.2 Å². The molecule has 1 heterocycles. The van der Waals surface area contributed by atoms with E-state index in [4.69, 9.17) is 0 Å². The topological polar surface area (TPSA) is 57.6 Å². The number of carbonyl (C=O) groups is 2. The van der Waals surface area contributed by atoms with Crippen molar-refractivity contribution >= 4 is 17.6 Å². The van der Waals surface area contributed by atoms with E-state index in [1.807, 2.05) is 19.1 Å². The number of rotatable bonds is 1. The lowest BCUT2D eigenvalue weighted by atomic mass is 9.75. The minimum Gasteiger partial charge on any atom is -0.481 e. The lowest BCUT2D eigenvalue weighted by Gasteiger charge is -2.37. The van der Waals surface area contributed by atoms with Crippen LogP contribution in [0.1, 0.15) is 24.5 Å². The number of benzene rings is 1. The molecule has 0 saturated heterocycles. The van der Waals surface area contributed by atoms with E-state index in [0.29, 0.717) is 5.56 Å². The first-order valence-electron chi connectivity index (χ1n) is 5.48. The summed E-state index contributed by atoms with van der Waals surface area (Å²) in [5, 5.41) is 9.37. The highest BCUT2D eigenvalue weighted by Gasteiger charge is 2.44. The molecule has 4 heteroatoms. The van der Waals surface area contributed by atoms with Gasteiger partial charge in [-0.05, 0) is 25.0 Å². The first-order chi connectivity index (χ1) is 7.88. The summed E-state index contributed by atoms with van der Waals surface area (Å²) in [5.41, 5.74) is 1.25. The Kier molecular flexibility index (Phi) is 2.45. The van der Waals surface area contributed by atoms with E-state index in [1.165, 1.54) is 0 Å². The quantitative estimate of drug-likeness (QED) is 0.803. The second-order valence-corrected chi connectivity index (χ2v) is 4.74. The zero-order chi connectivity index (χ0) is 12.8. The van der Waals surface area contributed by atoms with Crippen molar-refractivity contribution < 1.29 is 14.7 Å². The van der Waals surface area contributed by atoms with Gasteiger partial charge in [0.1, 0.15) is 5.41 Å². The van der Waals surface area contributed by atoms with Crippen LogP contribution >= 0.6 is 0 Å². The number of aryl methyl sites for hydroxylation is 1. The van der Waals surface area contributed by atoms with Gasteiger partial charge < -0.3 is 10.0 Å². The Morgan fingerprint density at radius 2 is 2.12 bits per heavy atom. The number of aliphatic carboxylic acids is 1. The number of anilines is 1. The van der Waals surface area contributed by atoms with E-state index in [-0.39, 0.29) is 12.3 Å². The van der Waals surface area contributed by atoms with Gasteiger partial charge in [-0.1, -0.05) is 18.2 Å². The molecule has 4 nitrogen and oxygen atoms in total. The first-order valence-corrected chi connectivity index (χ1v) is 5.48. The third kappa shape index (κ3) is 1.52. The summed E-state index contributed by atoms with van der Waals surface area (Å²) >= 11 is 0. The molecule has 1 aliphatic heterocycles. The Labute approximate surface area is 99.9 Å². The molecule has 0 unspecified atom stereocenters. The molecule has 1 aromatic rings. The summed E-state index contributed by atoms with van der Waals surface area (Å²) in [6.07, 6.45) is 0.00921. The van der Waals surface area contributed by atoms with Gasteiger partial charge in [0.2, 0.25) is 5.91 Å². The predicted octanol–water partition coefficient (Wildman–Crippen LogP) is 1.70. The van der Waals surface area contributed by atoms with Crippen molar-refractivity contribution in [3.8, 4) is 0 Å². The zero-order valence-corrected chi connectivity index (χ0v) is 10.2. The Morgan fingerprint density at radius 1 is 1.47 bits per heavy atom. The number of carboxylic acid groups (broad SMARTS) is 1. The van der Waals surface area contributed by atoms with Crippen LogP contribution in [-0.2, 0) is 15.0 Å². The molecule has 0 bridgehead atoms. The van der Waals surface area contributed by atoms with Crippen LogP contribution in [0.25, 0.3) is 0 Å². The Morgan fingerprint density at radius 3 is 2.71 bits per heavy atom. The van der Waals surface area contributed by atoms with Crippen LogP contribution in [0, 0.1) is 6.92 Å². The van der Waals surface area contributed by atoms with E-state index in [9.17, 15) is 14.7 Å². The highest BCUT2D eigenvalue weighted by Crippen LogP contribution is 2.41. The molecule has 1 N–H and O–H groups in total. The molecule has 0 aromatic heterocycles. The van der Waals surface area contributed by atoms with Crippen molar-refractivity contribution in [2.45, 2.75) is 25.7 Å². The maximum Gasteiger partial charge on any atom is 0.314 e. The second-order valence-electron chi connectivity index (χ2n) is 4.74. The van der Waals surface area contributed by atoms with Gasteiger partial charge in [0.25, 0.3) is 0 Å². The molecule has 0 spiro atoms. The summed E-state index contributed by atoms with van der Waals surface area (Å²) in [4.78, 5) is 24.9. The smallest absolute Gasteiger partial charge is 0.314 e. The first kappa shape index (κ1) is 11.6. The monoisotopic (exact) mass is 233 g/mol. The van der Waals surface area contributed by atoms with Crippen molar-refractivity contribution in [1.29, 1.82) is 0 Å². The number of hydrogen-bond acceptors (Lipinski definition) is 2. The van der Waals surface area contributed by atoms with E-state index >= 15 is 0 Å². The third-order valence-corrected chi connectivity index (χ3v) is 3.52. The molecule has 17 heavy (non-hydrogen) atoms. The molecule has 1 atom stereocenters. The van der Waals surface area contributed by atoms with E-state index in [2.05, 4.69) is 0 Å². The highest BCUT2D eigenvalue weighted by molar-refractivity contribution is 6.03. The summed E-state index contributed by atoms with van der Waals surface area (Å²) in [6, 6.07) is 5.51. The SMILES string of the molecule is Cc1cccc2c1N(C)C(=O)C[C@]2(C)C(=O)O. The lowest BCUT2D eigenvalue weighted by molar-refractivity contribution is -0.145. The molecule has 1 aliphatic rings. The van der Waals surface area contributed by atoms with Crippen LogP contribution in [0.3, 0.4) is 0 Å². The van der Waals surface area contributed by atoms with Gasteiger partial charge in [0, 0.05) is 13.5 Å². The molecule has 0 radical (unpaired) electrons. The number of para-hydroxylation sites is 1. The predicted molar refractivity (Wildman–Crippen MR) is 64.2 cm³/mol. The van der Waals surface area contributed by atoms with Gasteiger partial charge in [-0.25, -0.2) is 0 Å². The number of fused-ring (bicyclic) bond motifs is 1. The van der Waals surface area contributed by atoms with E-state index in [0.717, 1.165) is 11.3 Å². The molecule has 2 rings (SSSR count). The summed E-state index contributed by atoms with van der Waals surface area (Å²) < 4.78 is 0. The van der Waals surface area contributed by atoms with E-state index < -0.39 is 11.4 Å². The molecular weight excluding hydrogens is 218 g/mol. The van der Waals surface area contributed by atoms with Gasteiger partial charge in [-0.2, -0.15) is 0 Å². The standard InChI is InChI=1S/C13H15NO3/c1-8-5-4-6-9-11(8)14(3)10(15)7-13(9,2)12(16)17/h4-6H,7H2,1-3H3,(H,16,17)/t13-/m0/s1. The molecule has 0 saturated carbocycles. The number of carbonyl (C=O) groups excluding carboxylic acids is 1. The van der Waals surface area contributed by atoms with Crippen LogP contribution in [0.4, 0.5) is 5.69 Å². The molecule has 1 aromatic carbocycles. The fourth-order valence-electron chi connectivity index (χ4n) is 2.38. The maximum atomic E-state index is 11.9. The minimum atomic E-state index is -1.12. The van der Waals surface area contributed by atoms with Crippen molar-refractivity contribution in [3.63, 3.8) is 0 Å². The Bertz CT molecular complexity index is 509. The molecule has 1 amide bonds. The van der Waals surface area contributed by atoms with E-state index in [1.54, 1.807) is 24.9 Å². The van der Waals surface area contributed by atoms with Crippen molar-refractivity contribution in [1.82, 2.24) is 0 Å². The van der Waals surface area contributed by atoms with Crippen LogP contribution in [0.2, 0.25) is 0 Å². The second kappa shape index (κ2) is 3.58. The van der Waals surface area contributed by atoms with Gasteiger partial charge >= 0.3 is 5.97 Å². The summed E-state index contributed by atoms with van der Waals surface area (Å²) in [7, 11) is 1.69. The van der Waals surface area contributed by atoms with Gasteiger partial charge in [0.15, 0.2) is 0 Å². The number of nitrogens with zero attached hydrogens (tertiary/aromatic N) is 1. The highest BCUT2D eigenvalue weighted by atomic mass is 16.4. The zero-order valence-electron chi connectivity index (χ0n) is 10.2. The lowest BCUT2D eigenvalue weighted by Crippen LogP contribution is -2.45. The van der Waals surface area contributed by atoms with Crippen LogP contribution in [-0.4, -0.2) is 24.0 Å². The molecule has 90 valence electrons. The molecule has 0 fully saturated rings. The summed E-state index contributed by atoms with van der Waals surface area (Å²) in [6.45, 7) is 3.49. The van der Waals surface area contributed by atoms with Crippen molar-refractivity contribution in [2.24, 2.45) is 0 Å². The minimum absolute atomic E-state index is 0.00921. The summed E-state index contributed by atoms with van der Waals surface area (Å²) in [5.74, 6) is -1.11. The normalized spacial score (nSPS) is 23.5. The fraction of sp³-hybridized carbons (Fsp3) is 0.385. The number of hydrogen-bond donors (Lipinski definition) is 1. The molecule has 0 aliphatic carbocycles. The van der Waals surface area contributed by atoms with Gasteiger partial charge in [0.05, 0.1) is 5.69 Å². The van der Waals surface area contributed by atoms with Crippen LogP contribution in [0.5, 0.6) is 0 Å². The maximum absolute atomic E-state index is 11.9. The molecular formula is C13H15NO3. The Balaban J connectivity index is 2.74. The number of amides is 1. The average molecular weight is 233 g/mol. The van der Waals surface area contributed by atoms with Crippen LogP contribution < -0.4 is 4.90 Å². The Hall–Kier alpha value is -1.84. The van der Waals surface area contributed by atoms with Crippen molar-refractivity contribution in [3.05, 3.63) is 29.3 Å². The van der Waals surface area contributed by atoms with Crippen molar-refractivity contribution in [2.75, 3.05) is 11.9 Å². The van der Waals surface area contributed by atoms with Gasteiger partial charge in [-0.15, -0.1) is 0 Å². The third-order valence-electron chi connectivity index (χ3n) is 3.52.